The lowest BCUT2D eigenvalue weighted by molar-refractivity contribution is -0.141. The van der Waals surface area contributed by atoms with Crippen LogP contribution in [-0.2, 0) is 4.79 Å². The predicted octanol–water partition coefficient (Wildman–Crippen LogP) is 1.46. The number of hydrogen-bond donors (Lipinski definition) is 2. The summed E-state index contributed by atoms with van der Waals surface area (Å²) in [5, 5.41) is 11.5. The Morgan fingerprint density at radius 2 is 2.12 bits per heavy atom. The number of carbonyl (C=O) groups is 2. The zero-order chi connectivity index (χ0) is 12.6. The highest BCUT2D eigenvalue weighted by Crippen LogP contribution is 2.02. The molecule has 0 aromatic heterocycles. The van der Waals surface area contributed by atoms with Gasteiger partial charge in [0.25, 0.3) is 0 Å². The van der Waals surface area contributed by atoms with Crippen LogP contribution in [0.2, 0.25) is 0 Å². The highest BCUT2D eigenvalue weighted by atomic mass is 16.4. The van der Waals surface area contributed by atoms with Gasteiger partial charge in [0, 0.05) is 13.6 Å². The first-order valence-electron chi connectivity index (χ1n) is 5.39. The van der Waals surface area contributed by atoms with Crippen LogP contribution < -0.4 is 5.32 Å². The summed E-state index contributed by atoms with van der Waals surface area (Å²) in [6.45, 7) is 4.16. The topological polar surface area (TPSA) is 69.6 Å². The highest BCUT2D eigenvalue weighted by molar-refractivity contribution is 5.82. The summed E-state index contributed by atoms with van der Waals surface area (Å²) in [6.07, 6.45) is 4.99. The number of nitrogens with zero attached hydrogens (tertiary/aromatic N) is 1. The average Bonchev–Trinajstić information content (AvgIpc) is 2.24. The molecule has 0 aliphatic carbocycles. The fourth-order valence-electron chi connectivity index (χ4n) is 1.31. The minimum Gasteiger partial charge on any atom is -0.480 e. The summed E-state index contributed by atoms with van der Waals surface area (Å²) >= 11 is 0. The number of amides is 2. The average molecular weight is 228 g/mol. The molecule has 0 aromatic rings. The maximum atomic E-state index is 11.5. The molecule has 0 aliphatic heterocycles. The second-order valence-electron chi connectivity index (χ2n) is 3.46. The SMILES string of the molecule is C/C=C/CCNC(=O)N(C)C(CC)C(=O)O. The van der Waals surface area contributed by atoms with Gasteiger partial charge in [-0.25, -0.2) is 9.59 Å². The van der Waals surface area contributed by atoms with Crippen LogP contribution in [0.5, 0.6) is 0 Å². The number of urea groups is 1. The van der Waals surface area contributed by atoms with Crippen molar-refractivity contribution in [3.05, 3.63) is 12.2 Å². The van der Waals surface area contributed by atoms with Crippen molar-refractivity contribution in [1.82, 2.24) is 10.2 Å². The lowest BCUT2D eigenvalue weighted by Gasteiger charge is -2.23. The Kier molecular flexibility index (Phi) is 7.00. The molecule has 0 heterocycles. The van der Waals surface area contributed by atoms with E-state index in [-0.39, 0.29) is 6.03 Å². The number of nitrogens with one attached hydrogen (secondary N) is 1. The van der Waals surface area contributed by atoms with Gasteiger partial charge in [-0.05, 0) is 19.8 Å². The summed E-state index contributed by atoms with van der Waals surface area (Å²) in [5.41, 5.74) is 0. The smallest absolute Gasteiger partial charge is 0.326 e. The largest absolute Gasteiger partial charge is 0.480 e. The zero-order valence-electron chi connectivity index (χ0n) is 10.1. The molecule has 0 bridgehead atoms. The first kappa shape index (κ1) is 14.5. The van der Waals surface area contributed by atoms with Crippen molar-refractivity contribution < 1.29 is 14.7 Å². The van der Waals surface area contributed by atoms with Crippen molar-refractivity contribution in [2.45, 2.75) is 32.7 Å². The number of likely N-dealkylation sites (N-methyl/N-ethyl adjacent to an activating group) is 1. The van der Waals surface area contributed by atoms with Crippen LogP contribution in [0.25, 0.3) is 0 Å². The Labute approximate surface area is 96.1 Å². The molecule has 2 N–H and O–H groups in total. The van der Waals surface area contributed by atoms with Crippen LogP contribution in [0.1, 0.15) is 26.7 Å². The van der Waals surface area contributed by atoms with Crippen molar-refractivity contribution in [3.8, 4) is 0 Å². The summed E-state index contributed by atoms with van der Waals surface area (Å²) < 4.78 is 0. The van der Waals surface area contributed by atoms with E-state index < -0.39 is 12.0 Å². The minimum atomic E-state index is -0.978. The number of hydrogen-bond acceptors (Lipinski definition) is 2. The van der Waals surface area contributed by atoms with E-state index in [1.165, 1.54) is 11.9 Å². The van der Waals surface area contributed by atoms with Gasteiger partial charge in [-0.2, -0.15) is 0 Å². The molecule has 0 aromatic carbocycles. The molecule has 0 aliphatic rings. The Morgan fingerprint density at radius 1 is 1.50 bits per heavy atom. The third-order valence-corrected chi connectivity index (χ3v) is 2.28. The molecule has 1 atom stereocenters. The fraction of sp³-hybridized carbons (Fsp3) is 0.636. The van der Waals surface area contributed by atoms with Gasteiger partial charge in [0.05, 0.1) is 0 Å². The predicted molar refractivity (Wildman–Crippen MR) is 62.3 cm³/mol. The van der Waals surface area contributed by atoms with E-state index in [2.05, 4.69) is 5.32 Å². The Bertz CT molecular complexity index is 264. The van der Waals surface area contributed by atoms with E-state index in [0.717, 1.165) is 6.42 Å². The van der Waals surface area contributed by atoms with Crippen molar-refractivity contribution in [2.75, 3.05) is 13.6 Å². The van der Waals surface area contributed by atoms with E-state index in [4.69, 9.17) is 5.11 Å². The van der Waals surface area contributed by atoms with E-state index in [0.29, 0.717) is 13.0 Å². The first-order chi connectivity index (χ1) is 7.54. The van der Waals surface area contributed by atoms with Gasteiger partial charge in [0.15, 0.2) is 0 Å². The third kappa shape index (κ3) is 4.82. The van der Waals surface area contributed by atoms with E-state index in [9.17, 15) is 9.59 Å². The summed E-state index contributed by atoms with van der Waals surface area (Å²) in [5.74, 6) is -0.978. The number of allylic oxidation sites excluding steroid dienone is 1. The number of carbonyl (C=O) groups excluding carboxylic acids is 1. The van der Waals surface area contributed by atoms with E-state index in [1.54, 1.807) is 6.92 Å². The summed E-state index contributed by atoms with van der Waals surface area (Å²) in [7, 11) is 1.49. The van der Waals surface area contributed by atoms with E-state index in [1.807, 2.05) is 19.1 Å². The third-order valence-electron chi connectivity index (χ3n) is 2.28. The number of aliphatic carboxylic acids is 1. The zero-order valence-corrected chi connectivity index (χ0v) is 10.1. The maximum Gasteiger partial charge on any atom is 0.326 e. The second-order valence-corrected chi connectivity index (χ2v) is 3.46. The standard InChI is InChI=1S/C11H20N2O3/c1-4-6-7-8-12-11(16)13(3)9(5-2)10(14)15/h4,6,9H,5,7-8H2,1-3H3,(H,12,16)(H,14,15)/b6-4+. The lowest BCUT2D eigenvalue weighted by Crippen LogP contribution is -2.47. The quantitative estimate of drug-likeness (QED) is 0.534. The van der Waals surface area contributed by atoms with E-state index >= 15 is 0 Å². The molecule has 5 nitrogen and oxygen atoms in total. The van der Waals surface area contributed by atoms with Crippen molar-refractivity contribution in [3.63, 3.8) is 0 Å². The molecule has 0 rings (SSSR count). The van der Waals surface area contributed by atoms with Crippen LogP contribution in [0, 0.1) is 0 Å². The number of carboxylic acid groups (broad SMARTS) is 1. The molecule has 5 heteroatoms. The Hall–Kier alpha value is -1.52. The Morgan fingerprint density at radius 3 is 2.56 bits per heavy atom. The van der Waals surface area contributed by atoms with Crippen LogP contribution in [0.4, 0.5) is 4.79 Å². The molecular weight excluding hydrogens is 208 g/mol. The van der Waals surface area contributed by atoms with Crippen molar-refractivity contribution in [2.24, 2.45) is 0 Å². The van der Waals surface area contributed by atoms with Gasteiger partial charge in [0.1, 0.15) is 6.04 Å². The maximum absolute atomic E-state index is 11.5. The van der Waals surface area contributed by atoms with Crippen LogP contribution in [-0.4, -0.2) is 41.6 Å². The number of rotatable bonds is 6. The van der Waals surface area contributed by atoms with Gasteiger partial charge in [-0.3, -0.25) is 0 Å². The molecule has 0 radical (unpaired) electrons. The molecular formula is C11H20N2O3. The highest BCUT2D eigenvalue weighted by Gasteiger charge is 2.23. The minimum absolute atomic E-state index is 0.348. The number of carboxylic acids is 1. The molecule has 16 heavy (non-hydrogen) atoms. The van der Waals surface area contributed by atoms with Gasteiger partial charge in [0.2, 0.25) is 0 Å². The molecule has 2 amide bonds. The van der Waals surface area contributed by atoms with Crippen LogP contribution in [0.15, 0.2) is 12.2 Å². The summed E-state index contributed by atoms with van der Waals surface area (Å²) in [6, 6.07) is -1.11. The normalized spacial score (nSPS) is 12.4. The van der Waals surface area contributed by atoms with Gasteiger partial charge >= 0.3 is 12.0 Å². The molecule has 0 spiro atoms. The van der Waals surface area contributed by atoms with Gasteiger partial charge in [-0.1, -0.05) is 19.1 Å². The first-order valence-corrected chi connectivity index (χ1v) is 5.39. The summed E-state index contributed by atoms with van der Waals surface area (Å²) in [4.78, 5) is 23.6. The monoisotopic (exact) mass is 228 g/mol. The fourth-order valence-corrected chi connectivity index (χ4v) is 1.31. The van der Waals surface area contributed by atoms with Crippen LogP contribution >= 0.6 is 0 Å². The molecule has 92 valence electrons. The molecule has 0 saturated carbocycles. The molecule has 0 fully saturated rings. The second kappa shape index (κ2) is 7.73. The Balaban J connectivity index is 4.10. The molecule has 1 unspecified atom stereocenters. The van der Waals surface area contributed by atoms with Crippen LogP contribution in [0.3, 0.4) is 0 Å². The lowest BCUT2D eigenvalue weighted by atomic mass is 10.2. The van der Waals surface area contributed by atoms with Gasteiger partial charge in [-0.15, -0.1) is 0 Å². The van der Waals surface area contributed by atoms with Crippen molar-refractivity contribution in [1.29, 1.82) is 0 Å². The van der Waals surface area contributed by atoms with Crippen molar-refractivity contribution >= 4 is 12.0 Å². The van der Waals surface area contributed by atoms with Gasteiger partial charge < -0.3 is 15.3 Å². The molecule has 0 saturated heterocycles.